The Morgan fingerprint density at radius 2 is 1.77 bits per heavy atom. The Morgan fingerprint density at radius 1 is 1.00 bits per heavy atom. The van der Waals surface area contributed by atoms with E-state index in [9.17, 15) is 17.6 Å². The number of amides is 1. The molecular formula is C22H17FN2O4S. The van der Waals surface area contributed by atoms with Crippen molar-refractivity contribution < 1.29 is 22.0 Å². The molecule has 0 spiro atoms. The van der Waals surface area contributed by atoms with Gasteiger partial charge in [0.1, 0.15) is 11.3 Å². The summed E-state index contributed by atoms with van der Waals surface area (Å²) in [4.78, 5) is 16.7. The molecule has 0 unspecified atom stereocenters. The minimum atomic E-state index is -3.68. The molecular weight excluding hydrogens is 407 g/mol. The maximum absolute atomic E-state index is 13.0. The van der Waals surface area contributed by atoms with E-state index in [4.69, 9.17) is 4.42 Å². The highest BCUT2D eigenvalue weighted by molar-refractivity contribution is 7.91. The molecule has 4 rings (SSSR count). The molecule has 0 radical (unpaired) electrons. The second kappa shape index (κ2) is 8.08. The summed E-state index contributed by atoms with van der Waals surface area (Å²) in [7, 11) is -3.68. The number of oxazole rings is 1. The highest BCUT2D eigenvalue weighted by Gasteiger charge is 2.17. The van der Waals surface area contributed by atoms with Crippen molar-refractivity contribution in [3.05, 3.63) is 78.6 Å². The van der Waals surface area contributed by atoms with Crippen LogP contribution in [0, 0.1) is 5.82 Å². The average molecular weight is 424 g/mol. The van der Waals surface area contributed by atoms with Crippen molar-refractivity contribution in [1.82, 2.24) is 4.98 Å². The summed E-state index contributed by atoms with van der Waals surface area (Å²) in [6, 6.07) is 18.9. The molecule has 0 saturated carbocycles. The van der Waals surface area contributed by atoms with Gasteiger partial charge < -0.3 is 9.73 Å². The van der Waals surface area contributed by atoms with Gasteiger partial charge in [-0.25, -0.2) is 17.8 Å². The lowest BCUT2D eigenvalue weighted by Gasteiger charge is -2.07. The highest BCUT2D eigenvalue weighted by atomic mass is 32.2. The maximum Gasteiger partial charge on any atom is 0.227 e. The van der Waals surface area contributed by atoms with Gasteiger partial charge in [-0.1, -0.05) is 18.2 Å². The first-order valence-corrected chi connectivity index (χ1v) is 10.8. The van der Waals surface area contributed by atoms with Crippen molar-refractivity contribution in [2.24, 2.45) is 0 Å². The SMILES string of the molecule is O=C(CCS(=O)(=O)c1ccc(F)cc1)Nc1cccc(-c2nc3ccccc3o2)c1. The number of hydrogen-bond donors (Lipinski definition) is 1. The first kappa shape index (κ1) is 19.8. The van der Waals surface area contributed by atoms with Crippen LogP contribution in [0.1, 0.15) is 6.42 Å². The number of hydrogen-bond acceptors (Lipinski definition) is 5. The predicted molar refractivity (Wildman–Crippen MR) is 111 cm³/mol. The predicted octanol–water partition coefficient (Wildman–Crippen LogP) is 4.44. The van der Waals surface area contributed by atoms with E-state index in [2.05, 4.69) is 10.3 Å². The molecule has 6 nitrogen and oxygen atoms in total. The Kier molecular flexibility index (Phi) is 5.33. The van der Waals surface area contributed by atoms with Gasteiger partial charge in [0.05, 0.1) is 10.6 Å². The van der Waals surface area contributed by atoms with Crippen molar-refractivity contribution in [2.45, 2.75) is 11.3 Å². The van der Waals surface area contributed by atoms with Crippen LogP contribution in [-0.2, 0) is 14.6 Å². The lowest BCUT2D eigenvalue weighted by atomic mass is 10.2. The summed E-state index contributed by atoms with van der Waals surface area (Å²) >= 11 is 0. The molecule has 4 aromatic rings. The van der Waals surface area contributed by atoms with E-state index in [0.29, 0.717) is 22.7 Å². The van der Waals surface area contributed by atoms with Gasteiger partial charge in [-0.2, -0.15) is 0 Å². The van der Waals surface area contributed by atoms with E-state index in [1.54, 1.807) is 24.3 Å². The van der Waals surface area contributed by atoms with Gasteiger partial charge in [-0.15, -0.1) is 0 Å². The Labute approximate surface area is 172 Å². The van der Waals surface area contributed by atoms with Crippen LogP contribution in [0.2, 0.25) is 0 Å². The Morgan fingerprint density at radius 3 is 2.53 bits per heavy atom. The molecule has 0 aliphatic rings. The van der Waals surface area contributed by atoms with Crippen LogP contribution >= 0.6 is 0 Å². The van der Waals surface area contributed by atoms with Gasteiger partial charge in [-0.05, 0) is 54.6 Å². The van der Waals surface area contributed by atoms with E-state index in [1.807, 2.05) is 24.3 Å². The quantitative estimate of drug-likeness (QED) is 0.462. The Balaban J connectivity index is 1.43. The van der Waals surface area contributed by atoms with Gasteiger partial charge in [0.2, 0.25) is 11.8 Å². The second-order valence-electron chi connectivity index (χ2n) is 6.64. The van der Waals surface area contributed by atoms with Crippen LogP contribution in [0.5, 0.6) is 0 Å². The number of benzene rings is 3. The van der Waals surface area contributed by atoms with Crippen LogP contribution in [0.25, 0.3) is 22.6 Å². The number of carbonyl (C=O) groups is 1. The molecule has 0 aliphatic carbocycles. The minimum absolute atomic E-state index is 0.0188. The molecule has 152 valence electrons. The van der Waals surface area contributed by atoms with Gasteiger partial charge in [0.25, 0.3) is 0 Å². The fourth-order valence-electron chi connectivity index (χ4n) is 2.94. The van der Waals surface area contributed by atoms with Gasteiger partial charge in [0, 0.05) is 17.7 Å². The zero-order valence-corrected chi connectivity index (χ0v) is 16.5. The molecule has 8 heteroatoms. The van der Waals surface area contributed by atoms with Crippen LogP contribution in [0.15, 0.2) is 82.1 Å². The molecule has 1 amide bonds. The van der Waals surface area contributed by atoms with Crippen molar-refractivity contribution in [2.75, 3.05) is 11.1 Å². The van der Waals surface area contributed by atoms with Crippen molar-refractivity contribution in [1.29, 1.82) is 0 Å². The lowest BCUT2D eigenvalue weighted by molar-refractivity contribution is -0.115. The normalized spacial score (nSPS) is 11.5. The first-order valence-electron chi connectivity index (χ1n) is 9.15. The zero-order chi connectivity index (χ0) is 21.1. The van der Waals surface area contributed by atoms with E-state index in [0.717, 1.165) is 17.6 Å². The molecule has 0 saturated heterocycles. The molecule has 0 fully saturated rings. The van der Waals surface area contributed by atoms with Crippen LogP contribution in [0.3, 0.4) is 0 Å². The van der Waals surface area contributed by atoms with Gasteiger partial charge >= 0.3 is 0 Å². The minimum Gasteiger partial charge on any atom is -0.436 e. The van der Waals surface area contributed by atoms with Crippen LogP contribution in [-0.4, -0.2) is 25.1 Å². The van der Waals surface area contributed by atoms with Crippen molar-refractivity contribution >= 4 is 32.5 Å². The molecule has 0 aliphatic heterocycles. The van der Waals surface area contributed by atoms with Gasteiger partial charge in [-0.3, -0.25) is 4.79 Å². The lowest BCUT2D eigenvalue weighted by Crippen LogP contribution is -2.17. The van der Waals surface area contributed by atoms with E-state index in [1.165, 1.54) is 12.1 Å². The second-order valence-corrected chi connectivity index (χ2v) is 8.75. The standard InChI is InChI=1S/C22H17FN2O4S/c23-16-8-10-18(11-9-16)30(27,28)13-12-21(26)24-17-5-3-4-15(14-17)22-25-19-6-1-2-7-20(19)29-22/h1-11,14H,12-13H2,(H,24,26). The molecule has 0 atom stereocenters. The van der Waals surface area contributed by atoms with Crippen molar-refractivity contribution in [3.8, 4) is 11.5 Å². The summed E-state index contributed by atoms with van der Waals surface area (Å²) in [5.74, 6) is -0.929. The third kappa shape index (κ3) is 4.38. The van der Waals surface area contributed by atoms with Crippen molar-refractivity contribution in [3.63, 3.8) is 0 Å². The number of carbonyl (C=O) groups excluding carboxylic acids is 1. The number of fused-ring (bicyclic) bond motifs is 1. The number of rotatable bonds is 6. The number of anilines is 1. The number of para-hydroxylation sites is 2. The smallest absolute Gasteiger partial charge is 0.227 e. The third-order valence-corrected chi connectivity index (χ3v) is 6.19. The highest BCUT2D eigenvalue weighted by Crippen LogP contribution is 2.26. The number of nitrogens with one attached hydrogen (secondary N) is 1. The summed E-state index contributed by atoms with van der Waals surface area (Å²) < 4.78 is 43.3. The summed E-state index contributed by atoms with van der Waals surface area (Å²) in [5, 5.41) is 2.69. The summed E-state index contributed by atoms with van der Waals surface area (Å²) in [5.41, 5.74) is 2.57. The molecule has 1 heterocycles. The summed E-state index contributed by atoms with van der Waals surface area (Å²) in [6.07, 6.45) is -0.229. The topological polar surface area (TPSA) is 89.3 Å². The first-order chi connectivity index (χ1) is 14.4. The number of nitrogens with zero attached hydrogens (tertiary/aromatic N) is 1. The van der Waals surface area contributed by atoms with E-state index >= 15 is 0 Å². The largest absolute Gasteiger partial charge is 0.436 e. The number of halogens is 1. The van der Waals surface area contributed by atoms with E-state index < -0.39 is 21.6 Å². The Hall–Kier alpha value is -3.52. The maximum atomic E-state index is 13.0. The number of aromatic nitrogens is 1. The van der Waals surface area contributed by atoms with Crippen LogP contribution in [0.4, 0.5) is 10.1 Å². The Bertz CT molecular complexity index is 1280. The molecule has 0 bridgehead atoms. The fraction of sp³-hybridized carbons (Fsp3) is 0.0909. The molecule has 1 aromatic heterocycles. The summed E-state index contributed by atoms with van der Waals surface area (Å²) in [6.45, 7) is 0. The van der Waals surface area contributed by atoms with Gasteiger partial charge in [0.15, 0.2) is 15.4 Å². The van der Waals surface area contributed by atoms with E-state index in [-0.39, 0.29) is 17.1 Å². The fourth-order valence-corrected chi connectivity index (χ4v) is 4.18. The average Bonchev–Trinajstić information content (AvgIpc) is 3.17. The third-order valence-electron chi connectivity index (χ3n) is 4.46. The molecule has 30 heavy (non-hydrogen) atoms. The monoisotopic (exact) mass is 424 g/mol. The number of sulfone groups is 1. The zero-order valence-electron chi connectivity index (χ0n) is 15.7. The van der Waals surface area contributed by atoms with Crippen LogP contribution < -0.4 is 5.32 Å². The molecule has 1 N–H and O–H groups in total. The molecule has 3 aromatic carbocycles.